The summed E-state index contributed by atoms with van der Waals surface area (Å²) in [7, 11) is -2.01. The average Bonchev–Trinajstić information content (AvgIpc) is 3.22. The molecule has 0 spiro atoms. The molecule has 1 aromatic heterocycles. The van der Waals surface area contributed by atoms with Crippen LogP contribution in [0.5, 0.6) is 0 Å². The van der Waals surface area contributed by atoms with Gasteiger partial charge in [-0.05, 0) is 25.5 Å². The summed E-state index contributed by atoms with van der Waals surface area (Å²) in [5, 5.41) is 12.1. The topological polar surface area (TPSA) is 106 Å². The molecule has 0 aliphatic rings. The number of hydrogen-bond donors (Lipinski definition) is 1. The van der Waals surface area contributed by atoms with Crippen LogP contribution in [0.4, 0.5) is 0 Å². The number of hydrogen-bond acceptors (Lipinski definition) is 7. The fourth-order valence-corrected chi connectivity index (χ4v) is 5.50. The molecule has 0 bridgehead atoms. The highest BCUT2D eigenvalue weighted by molar-refractivity contribution is 7.99. The standard InChI is InChI=1S/C21H33N5O4S2/c1-6-16(4)26-20(23-24-21(26)31-15-19(27)22-12-13-30-5)17-10-9-11-18(14-17)32(28,29)25(7-2)8-3/h9-11,14,16H,6-8,12-13,15H2,1-5H3,(H,22,27). The van der Waals surface area contributed by atoms with E-state index in [4.69, 9.17) is 4.74 Å². The first-order chi connectivity index (χ1) is 15.3. The van der Waals surface area contributed by atoms with Crippen molar-refractivity contribution in [2.45, 2.75) is 50.2 Å². The monoisotopic (exact) mass is 483 g/mol. The lowest BCUT2D eigenvalue weighted by molar-refractivity contribution is -0.118. The summed E-state index contributed by atoms with van der Waals surface area (Å²) in [5.74, 6) is 0.673. The molecule has 0 aliphatic heterocycles. The van der Waals surface area contributed by atoms with Crippen molar-refractivity contribution in [3.63, 3.8) is 0 Å². The molecule has 0 saturated heterocycles. The zero-order valence-electron chi connectivity index (χ0n) is 19.4. The van der Waals surface area contributed by atoms with Gasteiger partial charge in [0.15, 0.2) is 11.0 Å². The highest BCUT2D eigenvalue weighted by Gasteiger charge is 2.24. The first-order valence-electron chi connectivity index (χ1n) is 10.7. The van der Waals surface area contributed by atoms with Gasteiger partial charge in [0.05, 0.1) is 17.3 Å². The smallest absolute Gasteiger partial charge is 0.243 e. The van der Waals surface area contributed by atoms with Gasteiger partial charge in [-0.15, -0.1) is 10.2 Å². The summed E-state index contributed by atoms with van der Waals surface area (Å²) in [6.45, 7) is 9.45. The highest BCUT2D eigenvalue weighted by atomic mass is 32.2. The average molecular weight is 484 g/mol. The maximum absolute atomic E-state index is 13.0. The van der Waals surface area contributed by atoms with Crippen LogP contribution in [0.3, 0.4) is 0 Å². The number of sulfonamides is 1. The number of rotatable bonds is 13. The van der Waals surface area contributed by atoms with Crippen molar-refractivity contribution < 1.29 is 17.9 Å². The second kappa shape index (κ2) is 12.3. The first-order valence-corrected chi connectivity index (χ1v) is 13.2. The van der Waals surface area contributed by atoms with Gasteiger partial charge in [-0.2, -0.15) is 4.31 Å². The number of methoxy groups -OCH3 is 1. The molecule has 11 heteroatoms. The third-order valence-corrected chi connectivity index (χ3v) is 8.08. The molecule has 2 aromatic rings. The second-order valence-electron chi connectivity index (χ2n) is 7.18. The van der Waals surface area contributed by atoms with Crippen LogP contribution >= 0.6 is 11.8 Å². The highest BCUT2D eigenvalue weighted by Crippen LogP contribution is 2.30. The van der Waals surface area contributed by atoms with E-state index in [1.807, 2.05) is 31.4 Å². The number of aromatic nitrogens is 3. The van der Waals surface area contributed by atoms with Crippen LogP contribution < -0.4 is 5.32 Å². The minimum atomic E-state index is -3.59. The van der Waals surface area contributed by atoms with Crippen molar-refractivity contribution >= 4 is 27.7 Å². The molecule has 1 heterocycles. The predicted molar refractivity (Wildman–Crippen MR) is 126 cm³/mol. The second-order valence-corrected chi connectivity index (χ2v) is 10.1. The summed E-state index contributed by atoms with van der Waals surface area (Å²) >= 11 is 1.30. The van der Waals surface area contributed by atoms with Gasteiger partial charge < -0.3 is 10.1 Å². The molecule has 1 aromatic carbocycles. The largest absolute Gasteiger partial charge is 0.383 e. The molecule has 1 unspecified atom stereocenters. The normalized spacial score (nSPS) is 12.8. The molecule has 1 N–H and O–H groups in total. The maximum Gasteiger partial charge on any atom is 0.243 e. The number of ether oxygens (including phenoxy) is 1. The summed E-state index contributed by atoms with van der Waals surface area (Å²) in [5.41, 5.74) is 0.669. The summed E-state index contributed by atoms with van der Waals surface area (Å²) < 4.78 is 34.3. The molecule has 2 rings (SSSR count). The fourth-order valence-electron chi connectivity index (χ4n) is 3.13. The summed E-state index contributed by atoms with van der Waals surface area (Å²) in [6, 6.07) is 6.86. The van der Waals surface area contributed by atoms with Gasteiger partial charge in [0, 0.05) is 38.3 Å². The minimum absolute atomic E-state index is 0.0714. The Morgan fingerprint density at radius 3 is 2.59 bits per heavy atom. The van der Waals surface area contributed by atoms with Gasteiger partial charge in [-0.25, -0.2) is 8.42 Å². The lowest BCUT2D eigenvalue weighted by atomic mass is 10.2. The van der Waals surface area contributed by atoms with E-state index in [9.17, 15) is 13.2 Å². The van der Waals surface area contributed by atoms with E-state index in [1.54, 1.807) is 25.3 Å². The third kappa shape index (κ3) is 6.31. The molecular weight excluding hydrogens is 450 g/mol. The number of nitrogens with zero attached hydrogens (tertiary/aromatic N) is 4. The van der Waals surface area contributed by atoms with E-state index in [0.29, 0.717) is 42.8 Å². The van der Waals surface area contributed by atoms with Gasteiger partial charge in [0.25, 0.3) is 0 Å². The lowest BCUT2D eigenvalue weighted by Gasteiger charge is -2.19. The SMILES string of the molecule is CCC(C)n1c(SCC(=O)NCCOC)nnc1-c1cccc(S(=O)(=O)N(CC)CC)c1. The number of carbonyl (C=O) groups is 1. The zero-order chi connectivity index (χ0) is 23.7. The van der Waals surface area contributed by atoms with Gasteiger partial charge in [0.2, 0.25) is 15.9 Å². The molecule has 1 atom stereocenters. The fraction of sp³-hybridized carbons (Fsp3) is 0.571. The van der Waals surface area contributed by atoms with Crippen molar-refractivity contribution in [2.75, 3.05) is 39.1 Å². The van der Waals surface area contributed by atoms with Crippen LogP contribution in [0.1, 0.15) is 40.2 Å². The van der Waals surface area contributed by atoms with Crippen molar-refractivity contribution in [3.05, 3.63) is 24.3 Å². The molecule has 9 nitrogen and oxygen atoms in total. The molecule has 0 saturated carbocycles. The van der Waals surface area contributed by atoms with Gasteiger partial charge in [-0.3, -0.25) is 9.36 Å². The molecule has 0 radical (unpaired) electrons. The Balaban J connectivity index is 2.35. The van der Waals surface area contributed by atoms with Gasteiger partial charge in [-0.1, -0.05) is 44.7 Å². The van der Waals surface area contributed by atoms with Crippen molar-refractivity contribution in [2.24, 2.45) is 0 Å². The summed E-state index contributed by atoms with van der Waals surface area (Å²) in [4.78, 5) is 12.3. The molecule has 178 valence electrons. The first kappa shape index (κ1) is 26.3. The summed E-state index contributed by atoms with van der Waals surface area (Å²) in [6.07, 6.45) is 0.829. The van der Waals surface area contributed by atoms with E-state index < -0.39 is 10.0 Å². The molecule has 32 heavy (non-hydrogen) atoms. The Labute approximate surface area is 195 Å². The van der Waals surface area contributed by atoms with Crippen LogP contribution in [0.25, 0.3) is 11.4 Å². The van der Waals surface area contributed by atoms with Gasteiger partial charge in [0.1, 0.15) is 0 Å². The minimum Gasteiger partial charge on any atom is -0.383 e. The Morgan fingerprint density at radius 1 is 1.25 bits per heavy atom. The number of benzene rings is 1. The Kier molecular flexibility index (Phi) is 10.1. The van der Waals surface area contributed by atoms with Crippen LogP contribution in [0.15, 0.2) is 34.3 Å². The predicted octanol–water partition coefficient (Wildman–Crippen LogP) is 2.80. The van der Waals surface area contributed by atoms with Crippen LogP contribution in [-0.4, -0.2) is 72.5 Å². The van der Waals surface area contributed by atoms with Crippen molar-refractivity contribution in [1.29, 1.82) is 0 Å². The number of thioether (sulfide) groups is 1. The molecule has 1 amide bonds. The van der Waals surface area contributed by atoms with E-state index in [2.05, 4.69) is 22.4 Å². The zero-order valence-corrected chi connectivity index (χ0v) is 21.0. The quantitative estimate of drug-likeness (QED) is 0.345. The molecule has 0 fully saturated rings. The van der Waals surface area contributed by atoms with Crippen LogP contribution in [0.2, 0.25) is 0 Å². The van der Waals surface area contributed by atoms with E-state index in [1.165, 1.54) is 16.1 Å². The number of carbonyl (C=O) groups excluding carboxylic acids is 1. The number of amides is 1. The van der Waals surface area contributed by atoms with Crippen molar-refractivity contribution in [1.82, 2.24) is 24.4 Å². The molecule has 0 aliphatic carbocycles. The van der Waals surface area contributed by atoms with Crippen LogP contribution in [-0.2, 0) is 19.6 Å². The Hall–Kier alpha value is -1.95. The van der Waals surface area contributed by atoms with E-state index in [-0.39, 0.29) is 22.6 Å². The Morgan fingerprint density at radius 2 is 1.97 bits per heavy atom. The van der Waals surface area contributed by atoms with Gasteiger partial charge >= 0.3 is 0 Å². The third-order valence-electron chi connectivity index (χ3n) is 5.09. The van der Waals surface area contributed by atoms with Crippen molar-refractivity contribution in [3.8, 4) is 11.4 Å². The lowest BCUT2D eigenvalue weighted by Crippen LogP contribution is -2.30. The van der Waals surface area contributed by atoms with Crippen LogP contribution in [0, 0.1) is 0 Å². The van der Waals surface area contributed by atoms with E-state index >= 15 is 0 Å². The maximum atomic E-state index is 13.0. The Bertz CT molecular complexity index is 990. The number of nitrogens with one attached hydrogen (secondary N) is 1. The van der Waals surface area contributed by atoms with E-state index in [0.717, 1.165) is 6.42 Å². The molecular formula is C21H33N5O4S2.